The molecule has 0 aliphatic heterocycles. The van der Waals surface area contributed by atoms with E-state index in [0.717, 1.165) is 0 Å². The number of ether oxygens (including phenoxy) is 1. The van der Waals surface area contributed by atoms with Crippen LogP contribution in [-0.4, -0.2) is 21.4 Å². The van der Waals surface area contributed by atoms with E-state index in [-0.39, 0.29) is 5.75 Å². The van der Waals surface area contributed by atoms with Crippen molar-refractivity contribution in [3.8, 4) is 11.5 Å². The van der Waals surface area contributed by atoms with Crippen molar-refractivity contribution in [3.05, 3.63) is 60.5 Å². The molecule has 116 valence electrons. The number of nitrogens with zero attached hydrogens (tertiary/aromatic N) is 2. The van der Waals surface area contributed by atoms with E-state index in [9.17, 15) is 9.18 Å². The third-order valence-corrected chi connectivity index (χ3v) is 2.81. The van der Waals surface area contributed by atoms with Crippen LogP contribution < -0.4 is 15.4 Å². The third-order valence-electron chi connectivity index (χ3n) is 2.81. The molecule has 2 aromatic carbocycles. The number of carbonyl (C=O) groups is 1. The fourth-order valence-corrected chi connectivity index (χ4v) is 1.83. The molecule has 3 aromatic rings. The Hall–Kier alpha value is -3.42. The fraction of sp³-hybridized carbons (Fsp3) is 0. The Morgan fingerprint density at radius 3 is 2.78 bits per heavy atom. The van der Waals surface area contributed by atoms with Crippen molar-refractivity contribution in [2.24, 2.45) is 0 Å². The van der Waals surface area contributed by atoms with Gasteiger partial charge in [-0.2, -0.15) is 10.3 Å². The van der Waals surface area contributed by atoms with E-state index in [1.807, 2.05) is 0 Å². The number of anilines is 2. The van der Waals surface area contributed by atoms with Crippen LogP contribution in [0.2, 0.25) is 0 Å². The van der Waals surface area contributed by atoms with Crippen LogP contribution in [0.1, 0.15) is 0 Å². The Morgan fingerprint density at radius 1 is 1.13 bits per heavy atom. The SMILES string of the molecule is O=C(Nc1cccc(Oc2ccccc2F)c1)Nc1cn[nH]n1. The van der Waals surface area contributed by atoms with Gasteiger partial charge in [0.1, 0.15) is 5.75 Å². The Kier molecular flexibility index (Phi) is 4.14. The molecule has 0 unspecified atom stereocenters. The van der Waals surface area contributed by atoms with E-state index in [1.165, 1.54) is 18.3 Å². The fourth-order valence-electron chi connectivity index (χ4n) is 1.83. The van der Waals surface area contributed by atoms with Crippen LogP contribution in [0.15, 0.2) is 54.7 Å². The van der Waals surface area contributed by atoms with E-state index in [1.54, 1.807) is 36.4 Å². The van der Waals surface area contributed by atoms with Crippen LogP contribution in [0, 0.1) is 5.82 Å². The van der Waals surface area contributed by atoms with Crippen molar-refractivity contribution in [1.29, 1.82) is 0 Å². The van der Waals surface area contributed by atoms with E-state index < -0.39 is 11.8 Å². The van der Waals surface area contributed by atoms with E-state index >= 15 is 0 Å². The maximum absolute atomic E-state index is 13.6. The first-order chi connectivity index (χ1) is 11.2. The number of para-hydroxylation sites is 1. The highest BCUT2D eigenvalue weighted by Crippen LogP contribution is 2.26. The second kappa shape index (κ2) is 6.56. The third kappa shape index (κ3) is 3.82. The van der Waals surface area contributed by atoms with Crippen LogP contribution in [0.5, 0.6) is 11.5 Å². The molecule has 3 N–H and O–H groups in total. The van der Waals surface area contributed by atoms with Gasteiger partial charge in [0.25, 0.3) is 0 Å². The molecule has 0 bridgehead atoms. The largest absolute Gasteiger partial charge is 0.454 e. The molecule has 23 heavy (non-hydrogen) atoms. The van der Waals surface area contributed by atoms with E-state index in [2.05, 4.69) is 26.0 Å². The summed E-state index contributed by atoms with van der Waals surface area (Å²) in [4.78, 5) is 11.8. The Balaban J connectivity index is 1.67. The molecule has 0 aliphatic rings. The number of amides is 2. The molecule has 0 spiro atoms. The summed E-state index contributed by atoms with van der Waals surface area (Å²) in [7, 11) is 0. The van der Waals surface area contributed by atoms with Gasteiger partial charge in [0.2, 0.25) is 0 Å². The van der Waals surface area contributed by atoms with Gasteiger partial charge in [-0.1, -0.05) is 18.2 Å². The molecule has 1 heterocycles. The molecule has 2 amide bonds. The van der Waals surface area contributed by atoms with Gasteiger partial charge in [-0.3, -0.25) is 5.32 Å². The number of aromatic nitrogens is 3. The van der Waals surface area contributed by atoms with Crippen molar-refractivity contribution < 1.29 is 13.9 Å². The second-order valence-corrected chi connectivity index (χ2v) is 4.49. The first kappa shape index (κ1) is 14.5. The molecule has 0 saturated heterocycles. The van der Waals surface area contributed by atoms with Crippen LogP contribution in [0.25, 0.3) is 0 Å². The summed E-state index contributed by atoms with van der Waals surface area (Å²) in [5, 5.41) is 14.8. The predicted octanol–water partition coefficient (Wildman–Crippen LogP) is 3.38. The average Bonchev–Trinajstić information content (AvgIpc) is 3.03. The van der Waals surface area contributed by atoms with Gasteiger partial charge >= 0.3 is 6.03 Å². The molecule has 0 fully saturated rings. The zero-order valence-corrected chi connectivity index (χ0v) is 11.8. The van der Waals surface area contributed by atoms with Gasteiger partial charge in [0.15, 0.2) is 17.4 Å². The highest BCUT2D eigenvalue weighted by molar-refractivity contribution is 5.99. The number of rotatable bonds is 4. The summed E-state index contributed by atoms with van der Waals surface area (Å²) in [6.07, 6.45) is 1.37. The first-order valence-electron chi connectivity index (χ1n) is 6.67. The number of halogens is 1. The quantitative estimate of drug-likeness (QED) is 0.688. The number of aromatic amines is 1. The monoisotopic (exact) mass is 313 g/mol. The number of hydrogen-bond acceptors (Lipinski definition) is 4. The zero-order chi connectivity index (χ0) is 16.1. The maximum Gasteiger partial charge on any atom is 0.324 e. The maximum atomic E-state index is 13.6. The average molecular weight is 313 g/mol. The number of H-pyrrole nitrogens is 1. The summed E-state index contributed by atoms with van der Waals surface area (Å²) in [6, 6.07) is 12.2. The van der Waals surface area contributed by atoms with Crippen molar-refractivity contribution in [2.45, 2.75) is 0 Å². The normalized spacial score (nSPS) is 10.1. The molecule has 0 atom stereocenters. The van der Waals surface area contributed by atoms with Gasteiger partial charge in [-0.15, -0.1) is 5.10 Å². The Morgan fingerprint density at radius 2 is 2.00 bits per heavy atom. The summed E-state index contributed by atoms with van der Waals surface area (Å²) in [5.74, 6) is 0.335. The Labute approximate surface area is 130 Å². The molecule has 1 aromatic heterocycles. The lowest BCUT2D eigenvalue weighted by Gasteiger charge is -2.09. The summed E-state index contributed by atoms with van der Waals surface area (Å²) >= 11 is 0. The number of carbonyl (C=O) groups excluding carboxylic acids is 1. The van der Waals surface area contributed by atoms with Crippen molar-refractivity contribution in [1.82, 2.24) is 15.4 Å². The number of urea groups is 1. The molecule has 0 aliphatic carbocycles. The van der Waals surface area contributed by atoms with Crippen LogP contribution in [-0.2, 0) is 0 Å². The zero-order valence-electron chi connectivity index (χ0n) is 11.8. The summed E-state index contributed by atoms with van der Waals surface area (Å²) < 4.78 is 19.0. The topological polar surface area (TPSA) is 91.9 Å². The lowest BCUT2D eigenvalue weighted by molar-refractivity contribution is 0.262. The highest BCUT2D eigenvalue weighted by Gasteiger charge is 2.07. The van der Waals surface area contributed by atoms with Gasteiger partial charge < -0.3 is 10.1 Å². The lowest BCUT2D eigenvalue weighted by Crippen LogP contribution is -2.19. The van der Waals surface area contributed by atoms with Crippen LogP contribution in [0.3, 0.4) is 0 Å². The molecular formula is C15H12FN5O2. The molecule has 8 heteroatoms. The minimum absolute atomic E-state index is 0.108. The van der Waals surface area contributed by atoms with Crippen LogP contribution >= 0.6 is 0 Å². The molecule has 3 rings (SSSR count). The minimum Gasteiger partial charge on any atom is -0.454 e. The highest BCUT2D eigenvalue weighted by atomic mass is 19.1. The first-order valence-corrected chi connectivity index (χ1v) is 6.67. The van der Waals surface area contributed by atoms with Gasteiger partial charge in [0.05, 0.1) is 6.20 Å². The molecule has 0 saturated carbocycles. The summed E-state index contributed by atoms with van der Waals surface area (Å²) in [6.45, 7) is 0. The molecule has 0 radical (unpaired) electrons. The van der Waals surface area contributed by atoms with E-state index in [0.29, 0.717) is 17.3 Å². The number of benzene rings is 2. The predicted molar refractivity (Wildman–Crippen MR) is 81.9 cm³/mol. The van der Waals surface area contributed by atoms with Crippen molar-refractivity contribution >= 4 is 17.5 Å². The number of hydrogen-bond donors (Lipinski definition) is 3. The van der Waals surface area contributed by atoms with Crippen molar-refractivity contribution in [3.63, 3.8) is 0 Å². The lowest BCUT2D eigenvalue weighted by atomic mass is 10.3. The standard InChI is InChI=1S/C15H12FN5O2/c16-12-6-1-2-7-13(12)23-11-5-3-4-10(8-11)18-15(22)19-14-9-17-21-20-14/h1-9H,(H3,17,18,19,20,21,22). The van der Waals surface area contributed by atoms with Crippen LogP contribution in [0.4, 0.5) is 20.7 Å². The number of nitrogens with one attached hydrogen (secondary N) is 3. The smallest absolute Gasteiger partial charge is 0.324 e. The van der Waals surface area contributed by atoms with Gasteiger partial charge in [-0.05, 0) is 24.3 Å². The van der Waals surface area contributed by atoms with Gasteiger partial charge in [-0.25, -0.2) is 9.18 Å². The second-order valence-electron chi connectivity index (χ2n) is 4.49. The van der Waals surface area contributed by atoms with E-state index in [4.69, 9.17) is 4.74 Å². The Bertz CT molecular complexity index is 807. The van der Waals surface area contributed by atoms with Crippen molar-refractivity contribution in [2.75, 3.05) is 10.6 Å². The molecule has 7 nitrogen and oxygen atoms in total. The molecular weight excluding hydrogens is 301 g/mol. The summed E-state index contributed by atoms with van der Waals surface area (Å²) in [5.41, 5.74) is 0.486. The minimum atomic E-state index is -0.484. The van der Waals surface area contributed by atoms with Gasteiger partial charge in [0, 0.05) is 11.8 Å².